The van der Waals surface area contributed by atoms with Crippen LogP contribution in [0, 0.1) is 5.82 Å². The van der Waals surface area contributed by atoms with Gasteiger partial charge >= 0.3 is 0 Å². The van der Waals surface area contributed by atoms with Crippen LogP contribution in [-0.4, -0.2) is 15.7 Å². The molecule has 5 nitrogen and oxygen atoms in total. The van der Waals surface area contributed by atoms with E-state index in [1.807, 2.05) is 30.3 Å². The van der Waals surface area contributed by atoms with Crippen LogP contribution in [-0.2, 0) is 0 Å². The van der Waals surface area contributed by atoms with Crippen LogP contribution in [0.15, 0.2) is 83.5 Å². The minimum atomic E-state index is -0.502. The lowest BCUT2D eigenvalue weighted by molar-refractivity contribution is 0.101. The first kappa shape index (κ1) is 15.8. The molecule has 2 aromatic carbocycles. The Kier molecular flexibility index (Phi) is 4.07. The van der Waals surface area contributed by atoms with Crippen molar-refractivity contribution >= 4 is 11.6 Å². The number of carbonyl (C=O) groups excluding carboxylic acids is 1. The molecule has 0 aliphatic rings. The van der Waals surface area contributed by atoms with Gasteiger partial charge in [0.15, 0.2) is 5.76 Å². The third kappa shape index (κ3) is 3.00. The molecule has 0 saturated carbocycles. The van der Waals surface area contributed by atoms with E-state index in [4.69, 9.17) is 4.42 Å². The number of nitrogens with one attached hydrogen (secondary N) is 1. The third-order valence-corrected chi connectivity index (χ3v) is 3.84. The van der Waals surface area contributed by atoms with Crippen LogP contribution in [0.25, 0.3) is 17.1 Å². The van der Waals surface area contributed by atoms with Gasteiger partial charge in [-0.05, 0) is 36.4 Å². The summed E-state index contributed by atoms with van der Waals surface area (Å²) in [5.74, 6) is -0.429. The Balaban J connectivity index is 1.76. The Morgan fingerprint density at radius 1 is 1.00 bits per heavy atom. The van der Waals surface area contributed by atoms with Gasteiger partial charge in [0.2, 0.25) is 0 Å². The fourth-order valence-electron chi connectivity index (χ4n) is 2.60. The number of anilines is 1. The number of amides is 1. The van der Waals surface area contributed by atoms with Crippen molar-refractivity contribution in [1.82, 2.24) is 9.78 Å². The van der Waals surface area contributed by atoms with E-state index in [2.05, 4.69) is 10.4 Å². The van der Waals surface area contributed by atoms with Gasteiger partial charge in [0.1, 0.15) is 17.2 Å². The Morgan fingerprint density at radius 3 is 2.50 bits per heavy atom. The molecule has 2 heterocycles. The number of hydrogen-bond donors (Lipinski definition) is 1. The highest BCUT2D eigenvalue weighted by molar-refractivity contribution is 6.04. The van der Waals surface area contributed by atoms with E-state index in [9.17, 15) is 9.18 Å². The molecule has 0 bridgehead atoms. The normalized spacial score (nSPS) is 10.7. The molecule has 6 heteroatoms. The quantitative estimate of drug-likeness (QED) is 0.590. The van der Waals surface area contributed by atoms with Gasteiger partial charge in [0.05, 0.1) is 17.6 Å². The van der Waals surface area contributed by atoms with Gasteiger partial charge in [-0.15, -0.1) is 0 Å². The summed E-state index contributed by atoms with van der Waals surface area (Å²) in [5.41, 5.74) is 1.60. The maximum atomic E-state index is 13.9. The number of halogens is 1. The van der Waals surface area contributed by atoms with Gasteiger partial charge in [-0.1, -0.05) is 30.3 Å². The maximum Gasteiger partial charge on any atom is 0.274 e. The first-order valence-electron chi connectivity index (χ1n) is 7.97. The van der Waals surface area contributed by atoms with Gasteiger partial charge in [-0.3, -0.25) is 4.79 Å². The molecule has 1 amide bonds. The van der Waals surface area contributed by atoms with E-state index in [1.165, 1.54) is 23.1 Å². The van der Waals surface area contributed by atoms with E-state index in [0.29, 0.717) is 17.1 Å². The Labute approximate surface area is 148 Å². The molecule has 0 fully saturated rings. The molecule has 0 saturated heterocycles. The van der Waals surface area contributed by atoms with Crippen molar-refractivity contribution in [1.29, 1.82) is 0 Å². The minimum absolute atomic E-state index is 0.109. The summed E-state index contributed by atoms with van der Waals surface area (Å²) in [7, 11) is 0. The first-order valence-corrected chi connectivity index (χ1v) is 7.97. The second-order valence-electron chi connectivity index (χ2n) is 5.57. The fourth-order valence-corrected chi connectivity index (χ4v) is 2.60. The SMILES string of the molecule is O=C(Nc1ccccc1F)c1cc(-c2ccco2)nn1-c1ccccc1. The number of para-hydroxylation sites is 2. The predicted octanol–water partition coefficient (Wildman–Crippen LogP) is 4.52. The second kappa shape index (κ2) is 6.68. The minimum Gasteiger partial charge on any atom is -0.463 e. The molecule has 0 unspecified atom stereocenters. The van der Waals surface area contributed by atoms with Crippen LogP contribution in [0.4, 0.5) is 10.1 Å². The monoisotopic (exact) mass is 347 g/mol. The van der Waals surface area contributed by atoms with Gasteiger partial charge in [0, 0.05) is 6.07 Å². The largest absolute Gasteiger partial charge is 0.463 e. The Hall–Kier alpha value is -3.67. The van der Waals surface area contributed by atoms with Gasteiger partial charge in [-0.25, -0.2) is 9.07 Å². The van der Waals surface area contributed by atoms with E-state index in [-0.39, 0.29) is 11.4 Å². The lowest BCUT2D eigenvalue weighted by atomic mass is 10.2. The zero-order valence-electron chi connectivity index (χ0n) is 13.6. The summed E-state index contributed by atoms with van der Waals surface area (Å²) >= 11 is 0. The molecule has 0 aliphatic heterocycles. The summed E-state index contributed by atoms with van der Waals surface area (Å²) < 4.78 is 20.7. The summed E-state index contributed by atoms with van der Waals surface area (Å²) in [4.78, 5) is 12.8. The molecule has 4 rings (SSSR count). The highest BCUT2D eigenvalue weighted by atomic mass is 19.1. The van der Waals surface area contributed by atoms with Crippen LogP contribution in [0.2, 0.25) is 0 Å². The lowest BCUT2D eigenvalue weighted by Gasteiger charge is -2.08. The van der Waals surface area contributed by atoms with Crippen molar-refractivity contribution in [3.63, 3.8) is 0 Å². The number of carbonyl (C=O) groups is 1. The lowest BCUT2D eigenvalue weighted by Crippen LogP contribution is -2.17. The average molecular weight is 347 g/mol. The van der Waals surface area contributed by atoms with Crippen LogP contribution in [0.3, 0.4) is 0 Å². The first-order chi connectivity index (χ1) is 12.7. The molecule has 128 valence electrons. The fraction of sp³-hybridized carbons (Fsp3) is 0. The van der Waals surface area contributed by atoms with E-state index in [1.54, 1.807) is 30.3 Å². The van der Waals surface area contributed by atoms with Crippen molar-refractivity contribution in [3.05, 3.63) is 90.6 Å². The van der Waals surface area contributed by atoms with Crippen LogP contribution < -0.4 is 5.32 Å². The summed E-state index contributed by atoms with van der Waals surface area (Å²) in [6.45, 7) is 0. The number of hydrogen-bond acceptors (Lipinski definition) is 3. The van der Waals surface area contributed by atoms with Crippen LogP contribution in [0.5, 0.6) is 0 Å². The predicted molar refractivity (Wildman–Crippen MR) is 95.6 cm³/mol. The molecule has 0 atom stereocenters. The van der Waals surface area contributed by atoms with E-state index < -0.39 is 11.7 Å². The summed E-state index contributed by atoms with van der Waals surface area (Å²) in [6.07, 6.45) is 1.54. The van der Waals surface area contributed by atoms with Crippen LogP contribution in [0.1, 0.15) is 10.5 Å². The second-order valence-corrected chi connectivity index (χ2v) is 5.57. The van der Waals surface area contributed by atoms with Crippen molar-refractivity contribution in [2.45, 2.75) is 0 Å². The number of furan rings is 1. The summed E-state index contributed by atoms with van der Waals surface area (Å²) in [6, 6.07) is 20.4. The average Bonchev–Trinajstić information content (AvgIpc) is 3.34. The van der Waals surface area contributed by atoms with Crippen LogP contribution >= 0.6 is 0 Å². The van der Waals surface area contributed by atoms with Gasteiger partial charge in [-0.2, -0.15) is 5.10 Å². The molecule has 0 radical (unpaired) electrons. The van der Waals surface area contributed by atoms with Gasteiger partial charge in [0.25, 0.3) is 5.91 Å². The Morgan fingerprint density at radius 2 is 1.77 bits per heavy atom. The molecule has 0 aliphatic carbocycles. The topological polar surface area (TPSA) is 60.1 Å². The number of rotatable bonds is 4. The van der Waals surface area contributed by atoms with E-state index in [0.717, 1.165) is 0 Å². The van der Waals surface area contributed by atoms with Crippen molar-refractivity contribution in [2.75, 3.05) is 5.32 Å². The Bertz CT molecular complexity index is 1040. The molecular formula is C20H14FN3O2. The van der Waals surface area contributed by atoms with Crippen molar-refractivity contribution in [2.24, 2.45) is 0 Å². The standard InChI is InChI=1S/C20H14FN3O2/c21-15-9-4-5-10-16(15)22-20(25)18-13-17(19-11-6-12-26-19)23-24(18)14-7-2-1-3-8-14/h1-13H,(H,22,25). The number of nitrogens with zero attached hydrogens (tertiary/aromatic N) is 2. The molecule has 1 N–H and O–H groups in total. The highest BCUT2D eigenvalue weighted by Crippen LogP contribution is 2.23. The molecular weight excluding hydrogens is 333 g/mol. The molecule has 26 heavy (non-hydrogen) atoms. The smallest absolute Gasteiger partial charge is 0.274 e. The van der Waals surface area contributed by atoms with Crippen molar-refractivity contribution < 1.29 is 13.6 Å². The molecule has 4 aromatic rings. The number of aromatic nitrogens is 2. The molecule has 0 spiro atoms. The zero-order chi connectivity index (χ0) is 17.9. The number of benzene rings is 2. The highest BCUT2D eigenvalue weighted by Gasteiger charge is 2.19. The van der Waals surface area contributed by atoms with Crippen molar-refractivity contribution in [3.8, 4) is 17.1 Å². The van der Waals surface area contributed by atoms with E-state index >= 15 is 0 Å². The van der Waals surface area contributed by atoms with Gasteiger partial charge < -0.3 is 9.73 Å². The zero-order valence-corrected chi connectivity index (χ0v) is 13.6. The third-order valence-electron chi connectivity index (χ3n) is 3.84. The molecule has 2 aromatic heterocycles. The summed E-state index contributed by atoms with van der Waals surface area (Å²) in [5, 5.41) is 7.07. The maximum absolute atomic E-state index is 13.9.